The van der Waals surface area contributed by atoms with Gasteiger partial charge in [0.15, 0.2) is 11.5 Å². The minimum Gasteiger partial charge on any atom is -0.493 e. The Labute approximate surface area is 194 Å². The monoisotopic (exact) mass is 440 g/mol. The number of aryl methyl sites for hydroxylation is 1. The number of nitrogens with zero attached hydrogens (tertiary/aromatic N) is 2. The molecule has 0 bridgehead atoms. The van der Waals surface area contributed by atoms with Gasteiger partial charge in [-0.25, -0.2) is 0 Å². The Balaban J connectivity index is 1.52. The molecule has 0 amide bonds. The zero-order chi connectivity index (χ0) is 22.9. The zero-order valence-corrected chi connectivity index (χ0v) is 20.5. The number of hydrogen-bond donors (Lipinski definition) is 0. The molecule has 176 valence electrons. The van der Waals surface area contributed by atoms with Gasteiger partial charge in [0.1, 0.15) is 0 Å². The highest BCUT2D eigenvalue weighted by molar-refractivity contribution is 5.55. The highest BCUT2D eigenvalue weighted by Crippen LogP contribution is 2.40. The molecule has 0 spiro atoms. The minimum absolute atomic E-state index is 0.672. The molecular weight excluding hydrogens is 400 g/mol. The lowest BCUT2D eigenvalue weighted by atomic mass is 9.95. The molecule has 0 atom stereocenters. The molecule has 1 aliphatic heterocycles. The topological polar surface area (TPSA) is 34.2 Å². The van der Waals surface area contributed by atoms with Crippen molar-refractivity contribution in [2.24, 2.45) is 5.92 Å². The van der Waals surface area contributed by atoms with Crippen molar-refractivity contribution < 1.29 is 14.2 Å². The van der Waals surface area contributed by atoms with Crippen molar-refractivity contribution in [3.63, 3.8) is 0 Å². The molecule has 3 rings (SSSR count). The van der Waals surface area contributed by atoms with E-state index in [0.29, 0.717) is 11.5 Å². The van der Waals surface area contributed by atoms with Crippen LogP contribution in [0.4, 0.5) is 0 Å². The molecular formula is C27H40N2O3. The average Bonchev–Trinajstić information content (AvgIpc) is 2.83. The first-order valence-electron chi connectivity index (χ1n) is 11.9. The molecule has 2 aromatic carbocycles. The summed E-state index contributed by atoms with van der Waals surface area (Å²) >= 11 is 0. The Bertz CT molecular complexity index is 847. The second-order valence-electron chi connectivity index (χ2n) is 8.78. The molecule has 0 aromatic heterocycles. The Morgan fingerprint density at radius 1 is 0.906 bits per heavy atom. The maximum atomic E-state index is 5.69. The fourth-order valence-corrected chi connectivity index (χ4v) is 4.76. The van der Waals surface area contributed by atoms with Crippen molar-refractivity contribution in [3.8, 4) is 17.2 Å². The number of likely N-dealkylation sites (tertiary alicyclic amines) is 1. The molecule has 5 nitrogen and oxygen atoms in total. The molecule has 0 aliphatic carbocycles. The van der Waals surface area contributed by atoms with E-state index in [1.807, 2.05) is 6.07 Å². The van der Waals surface area contributed by atoms with Crippen LogP contribution in [0.5, 0.6) is 17.2 Å². The van der Waals surface area contributed by atoms with Gasteiger partial charge >= 0.3 is 0 Å². The molecule has 0 N–H and O–H groups in total. The van der Waals surface area contributed by atoms with E-state index in [1.165, 1.54) is 37.1 Å². The fraction of sp³-hybridized carbons (Fsp3) is 0.556. The number of rotatable bonds is 11. The summed E-state index contributed by atoms with van der Waals surface area (Å²) in [6.45, 7) is 11.0. The van der Waals surface area contributed by atoms with Gasteiger partial charge in [-0.1, -0.05) is 37.3 Å². The molecule has 0 radical (unpaired) electrons. The third-order valence-corrected chi connectivity index (χ3v) is 6.81. The third-order valence-electron chi connectivity index (χ3n) is 6.81. The molecule has 1 aliphatic rings. The van der Waals surface area contributed by atoms with Crippen LogP contribution in [0.2, 0.25) is 0 Å². The van der Waals surface area contributed by atoms with E-state index in [0.717, 1.165) is 49.8 Å². The fourth-order valence-electron chi connectivity index (χ4n) is 4.76. The molecule has 1 saturated heterocycles. The summed E-state index contributed by atoms with van der Waals surface area (Å²) in [6, 6.07) is 12.8. The number of hydrogen-bond acceptors (Lipinski definition) is 5. The summed E-state index contributed by atoms with van der Waals surface area (Å²) in [5.74, 6) is 2.90. The van der Waals surface area contributed by atoms with E-state index in [-0.39, 0.29) is 0 Å². The van der Waals surface area contributed by atoms with E-state index in [9.17, 15) is 0 Å². The predicted octanol–water partition coefficient (Wildman–Crippen LogP) is 4.80. The normalized spacial score (nSPS) is 15.2. The number of methoxy groups -OCH3 is 3. The van der Waals surface area contributed by atoms with E-state index in [2.05, 4.69) is 54.0 Å². The van der Waals surface area contributed by atoms with Gasteiger partial charge in [-0.05, 0) is 68.9 Å². The average molecular weight is 441 g/mol. The van der Waals surface area contributed by atoms with E-state index in [4.69, 9.17) is 14.2 Å². The van der Waals surface area contributed by atoms with Gasteiger partial charge in [-0.3, -0.25) is 4.90 Å². The maximum absolute atomic E-state index is 5.69. The second kappa shape index (κ2) is 12.1. The Hall–Kier alpha value is -2.24. The second-order valence-corrected chi connectivity index (χ2v) is 8.78. The number of benzene rings is 2. The van der Waals surface area contributed by atoms with Crippen molar-refractivity contribution in [2.75, 3.05) is 54.1 Å². The molecule has 1 fully saturated rings. The van der Waals surface area contributed by atoms with Crippen LogP contribution >= 0.6 is 0 Å². The van der Waals surface area contributed by atoms with Crippen LogP contribution in [-0.2, 0) is 13.0 Å². The van der Waals surface area contributed by atoms with Crippen LogP contribution in [-0.4, -0.2) is 63.9 Å². The lowest BCUT2D eigenvalue weighted by Gasteiger charge is -2.35. The summed E-state index contributed by atoms with van der Waals surface area (Å²) in [6.07, 6.45) is 3.69. The van der Waals surface area contributed by atoms with Gasteiger partial charge in [0.2, 0.25) is 5.75 Å². The standard InChI is InChI=1S/C27H40N2O3/c1-6-28(20-24-11-12-25(30-3)27(32-5)26(24)31-4)19-22-13-16-29(17-14-22)18-15-23-10-8-7-9-21(23)2/h7-12,22H,6,13-20H2,1-5H3. The van der Waals surface area contributed by atoms with Crippen molar-refractivity contribution in [1.82, 2.24) is 9.80 Å². The van der Waals surface area contributed by atoms with Crippen molar-refractivity contribution in [1.29, 1.82) is 0 Å². The van der Waals surface area contributed by atoms with Gasteiger partial charge in [0.25, 0.3) is 0 Å². The van der Waals surface area contributed by atoms with Crippen molar-refractivity contribution in [2.45, 2.75) is 39.7 Å². The van der Waals surface area contributed by atoms with Gasteiger partial charge < -0.3 is 19.1 Å². The number of ether oxygens (including phenoxy) is 3. The van der Waals surface area contributed by atoms with E-state index < -0.39 is 0 Å². The predicted molar refractivity (Wildman–Crippen MR) is 131 cm³/mol. The summed E-state index contributed by atoms with van der Waals surface area (Å²) in [4.78, 5) is 5.16. The van der Waals surface area contributed by atoms with Crippen LogP contribution in [0.1, 0.15) is 36.5 Å². The third kappa shape index (κ3) is 6.17. The SMILES string of the molecule is CCN(Cc1ccc(OC)c(OC)c1OC)CC1CCN(CCc2ccccc2C)CC1. The van der Waals surface area contributed by atoms with Crippen molar-refractivity contribution in [3.05, 3.63) is 53.1 Å². The summed E-state index contributed by atoms with van der Waals surface area (Å²) in [5, 5.41) is 0. The van der Waals surface area contributed by atoms with Gasteiger partial charge in [-0.2, -0.15) is 0 Å². The first kappa shape index (κ1) is 24.4. The van der Waals surface area contributed by atoms with Crippen LogP contribution < -0.4 is 14.2 Å². The van der Waals surface area contributed by atoms with Crippen molar-refractivity contribution >= 4 is 0 Å². The summed E-state index contributed by atoms with van der Waals surface area (Å²) in [5.41, 5.74) is 4.03. The highest BCUT2D eigenvalue weighted by Gasteiger charge is 2.23. The quantitative estimate of drug-likeness (QED) is 0.502. The van der Waals surface area contributed by atoms with Gasteiger partial charge in [-0.15, -0.1) is 0 Å². The first-order chi connectivity index (χ1) is 15.6. The van der Waals surface area contributed by atoms with Crippen LogP contribution in [0, 0.1) is 12.8 Å². The van der Waals surface area contributed by atoms with Crippen LogP contribution in [0.15, 0.2) is 36.4 Å². The molecule has 5 heteroatoms. The smallest absolute Gasteiger partial charge is 0.203 e. The maximum Gasteiger partial charge on any atom is 0.203 e. The first-order valence-corrected chi connectivity index (χ1v) is 11.9. The largest absolute Gasteiger partial charge is 0.493 e. The Morgan fingerprint density at radius 2 is 1.62 bits per heavy atom. The van der Waals surface area contributed by atoms with E-state index in [1.54, 1.807) is 21.3 Å². The molecule has 0 unspecified atom stereocenters. The van der Waals surface area contributed by atoms with Gasteiger partial charge in [0, 0.05) is 25.2 Å². The van der Waals surface area contributed by atoms with E-state index >= 15 is 0 Å². The Morgan fingerprint density at radius 3 is 2.25 bits per heavy atom. The van der Waals surface area contributed by atoms with Crippen LogP contribution in [0.3, 0.4) is 0 Å². The van der Waals surface area contributed by atoms with Crippen LogP contribution in [0.25, 0.3) is 0 Å². The highest BCUT2D eigenvalue weighted by atomic mass is 16.5. The minimum atomic E-state index is 0.672. The lowest BCUT2D eigenvalue weighted by molar-refractivity contribution is 0.143. The Kier molecular flexibility index (Phi) is 9.24. The number of piperidine rings is 1. The molecule has 1 heterocycles. The summed E-state index contributed by atoms with van der Waals surface area (Å²) in [7, 11) is 5.01. The lowest BCUT2D eigenvalue weighted by Crippen LogP contribution is -2.39. The zero-order valence-electron chi connectivity index (χ0n) is 20.5. The van der Waals surface area contributed by atoms with Gasteiger partial charge in [0.05, 0.1) is 21.3 Å². The molecule has 2 aromatic rings. The molecule has 32 heavy (non-hydrogen) atoms. The molecule has 0 saturated carbocycles. The summed E-state index contributed by atoms with van der Waals surface area (Å²) < 4.78 is 16.7.